The van der Waals surface area contributed by atoms with Crippen molar-refractivity contribution < 1.29 is 4.79 Å². The highest BCUT2D eigenvalue weighted by molar-refractivity contribution is 7.99. The lowest BCUT2D eigenvalue weighted by atomic mass is 10.3. The lowest BCUT2D eigenvalue weighted by Crippen LogP contribution is -2.15. The number of H-pyrrole nitrogens is 1. The Morgan fingerprint density at radius 2 is 2.16 bits per heavy atom. The second kappa shape index (κ2) is 8.50. The second-order valence-corrected chi connectivity index (χ2v) is 8.27. The number of nitrogens with one attached hydrogen (secondary N) is 2. The molecule has 1 amide bonds. The van der Waals surface area contributed by atoms with Crippen LogP contribution in [0.3, 0.4) is 0 Å². The Morgan fingerprint density at radius 3 is 2.96 bits per heavy atom. The van der Waals surface area contributed by atoms with E-state index in [0.29, 0.717) is 16.0 Å². The fraction of sp³-hybridized carbons (Fsp3) is 0.250. The molecule has 0 radical (unpaired) electrons. The summed E-state index contributed by atoms with van der Waals surface area (Å²) in [6, 6.07) is 9.22. The average molecular weight is 393 g/mol. The number of aromatic amines is 1. The van der Waals surface area contributed by atoms with Crippen LogP contribution in [-0.2, 0) is 10.5 Å². The maximum Gasteiger partial charge on any atom is 0.251 e. The first-order chi connectivity index (χ1) is 12.1. The first-order valence-corrected chi connectivity index (χ1v) is 10.6. The average Bonchev–Trinajstić information content (AvgIpc) is 3.00. The molecule has 0 atom stereocenters. The number of carbonyl (C=O) groups excluding carboxylic acids is 1. The summed E-state index contributed by atoms with van der Waals surface area (Å²) in [5, 5.41) is 3.82. The van der Waals surface area contributed by atoms with Crippen LogP contribution in [0.2, 0.25) is 0 Å². The Hall–Kier alpha value is -1.84. The summed E-state index contributed by atoms with van der Waals surface area (Å²) in [7, 11) is 0. The highest BCUT2D eigenvalue weighted by atomic mass is 32.2. The number of hydrogen-bond donors (Lipinski definition) is 2. The molecule has 0 saturated heterocycles. The van der Waals surface area contributed by atoms with E-state index in [4.69, 9.17) is 0 Å². The number of carbonyl (C=O) groups is 1. The van der Waals surface area contributed by atoms with Crippen LogP contribution in [0, 0.1) is 0 Å². The molecule has 6 nitrogen and oxygen atoms in total. The van der Waals surface area contributed by atoms with E-state index in [0.717, 1.165) is 21.7 Å². The number of aromatic nitrogens is 3. The molecule has 0 aliphatic heterocycles. The number of thioether (sulfide) groups is 2. The van der Waals surface area contributed by atoms with Gasteiger partial charge in [0.05, 0.1) is 21.7 Å². The van der Waals surface area contributed by atoms with Crippen molar-refractivity contribution in [2.75, 3.05) is 16.8 Å². The predicted molar refractivity (Wildman–Crippen MR) is 106 cm³/mol. The molecule has 0 fully saturated rings. The highest BCUT2D eigenvalue weighted by Gasteiger charge is 2.10. The molecular formula is C16H16N4O2S3. The fourth-order valence-corrected chi connectivity index (χ4v) is 4.19. The van der Waals surface area contributed by atoms with Gasteiger partial charge in [0.25, 0.3) is 5.56 Å². The van der Waals surface area contributed by atoms with Gasteiger partial charge in [0, 0.05) is 11.8 Å². The number of fused-ring (bicyclic) bond motifs is 1. The van der Waals surface area contributed by atoms with Crippen molar-refractivity contribution in [1.82, 2.24) is 15.0 Å². The van der Waals surface area contributed by atoms with Gasteiger partial charge in [-0.2, -0.15) is 11.8 Å². The van der Waals surface area contributed by atoms with Gasteiger partial charge in [-0.15, -0.1) is 0 Å². The Balaban J connectivity index is 1.60. The zero-order valence-corrected chi connectivity index (χ0v) is 15.9. The first kappa shape index (κ1) is 18.0. The summed E-state index contributed by atoms with van der Waals surface area (Å²) in [6.45, 7) is 2.06. The minimum absolute atomic E-state index is 0.156. The van der Waals surface area contributed by atoms with E-state index in [9.17, 15) is 9.59 Å². The Morgan fingerprint density at radius 1 is 1.32 bits per heavy atom. The molecule has 0 spiro atoms. The van der Waals surface area contributed by atoms with Crippen LogP contribution >= 0.6 is 34.9 Å². The Bertz CT molecular complexity index is 905. The molecule has 2 aromatic heterocycles. The number of amides is 1. The number of hydrogen-bond acceptors (Lipinski definition) is 7. The van der Waals surface area contributed by atoms with Crippen LogP contribution in [0.1, 0.15) is 12.6 Å². The lowest BCUT2D eigenvalue weighted by molar-refractivity contribution is -0.113. The molecule has 0 bridgehead atoms. The molecule has 0 unspecified atom stereocenters. The molecule has 2 heterocycles. The van der Waals surface area contributed by atoms with Crippen molar-refractivity contribution in [1.29, 1.82) is 0 Å². The van der Waals surface area contributed by atoms with Crippen molar-refractivity contribution in [3.8, 4) is 0 Å². The minimum Gasteiger partial charge on any atom is -0.301 e. The zero-order chi connectivity index (χ0) is 17.6. The normalized spacial score (nSPS) is 10.9. The standard InChI is InChI=1S/C16H16N4O2S3/c1-2-23-8-10-7-13(21)19-15(17-10)24-9-14(22)20-16-18-11-5-3-4-6-12(11)25-16/h3-7H,2,8-9H2,1H3,(H,17,19,21)(H,18,20,22). The van der Waals surface area contributed by atoms with Crippen LogP contribution in [0.5, 0.6) is 0 Å². The molecule has 3 rings (SSSR count). The summed E-state index contributed by atoms with van der Waals surface area (Å²) in [5.74, 6) is 1.62. The summed E-state index contributed by atoms with van der Waals surface area (Å²) in [4.78, 5) is 35.2. The number of para-hydroxylation sites is 1. The van der Waals surface area contributed by atoms with Crippen molar-refractivity contribution >= 4 is 56.1 Å². The fourth-order valence-electron chi connectivity index (χ4n) is 2.05. The zero-order valence-electron chi connectivity index (χ0n) is 13.4. The number of nitrogens with zero attached hydrogens (tertiary/aromatic N) is 2. The molecule has 9 heteroatoms. The molecule has 0 aliphatic carbocycles. The summed E-state index contributed by atoms with van der Waals surface area (Å²) in [6.07, 6.45) is 0. The monoisotopic (exact) mass is 392 g/mol. The SMILES string of the molecule is CCSCc1cc(=O)[nH]c(SCC(=O)Nc2nc3ccccc3s2)n1. The second-order valence-electron chi connectivity index (χ2n) is 5.00. The number of benzene rings is 1. The first-order valence-electron chi connectivity index (χ1n) is 7.60. The lowest BCUT2D eigenvalue weighted by Gasteiger charge is -2.04. The largest absolute Gasteiger partial charge is 0.301 e. The van der Waals surface area contributed by atoms with E-state index in [1.807, 2.05) is 24.3 Å². The summed E-state index contributed by atoms with van der Waals surface area (Å²) >= 11 is 4.33. The third kappa shape index (κ3) is 5.07. The molecular weight excluding hydrogens is 376 g/mol. The maximum atomic E-state index is 12.1. The number of rotatable bonds is 7. The van der Waals surface area contributed by atoms with Crippen LogP contribution < -0.4 is 10.9 Å². The van der Waals surface area contributed by atoms with Gasteiger partial charge in [0.15, 0.2) is 10.3 Å². The van der Waals surface area contributed by atoms with Gasteiger partial charge in [0.2, 0.25) is 5.91 Å². The molecule has 130 valence electrons. The smallest absolute Gasteiger partial charge is 0.251 e. The van der Waals surface area contributed by atoms with Crippen molar-refractivity contribution in [3.05, 3.63) is 46.4 Å². The van der Waals surface area contributed by atoms with E-state index in [1.165, 1.54) is 29.2 Å². The predicted octanol–water partition coefficient (Wildman–Crippen LogP) is 3.36. The van der Waals surface area contributed by atoms with Crippen LogP contribution in [0.4, 0.5) is 5.13 Å². The van der Waals surface area contributed by atoms with Gasteiger partial charge in [-0.1, -0.05) is 42.2 Å². The maximum absolute atomic E-state index is 12.1. The summed E-state index contributed by atoms with van der Waals surface area (Å²) in [5.41, 5.74) is 1.39. The van der Waals surface area contributed by atoms with E-state index in [-0.39, 0.29) is 17.2 Å². The molecule has 2 N–H and O–H groups in total. The van der Waals surface area contributed by atoms with E-state index in [1.54, 1.807) is 11.8 Å². The van der Waals surface area contributed by atoms with Gasteiger partial charge >= 0.3 is 0 Å². The van der Waals surface area contributed by atoms with Crippen LogP contribution in [-0.4, -0.2) is 32.4 Å². The Kier molecular flexibility index (Phi) is 6.11. The van der Waals surface area contributed by atoms with Crippen molar-refractivity contribution in [2.24, 2.45) is 0 Å². The third-order valence-corrected chi connectivity index (χ3v) is 5.84. The number of thiazole rings is 1. The van der Waals surface area contributed by atoms with E-state index < -0.39 is 0 Å². The molecule has 3 aromatic rings. The minimum atomic E-state index is -0.198. The van der Waals surface area contributed by atoms with Gasteiger partial charge < -0.3 is 10.3 Å². The Labute approximate surface area is 156 Å². The van der Waals surface area contributed by atoms with Gasteiger partial charge in [0.1, 0.15) is 0 Å². The van der Waals surface area contributed by atoms with Crippen LogP contribution in [0.25, 0.3) is 10.2 Å². The quantitative estimate of drug-likeness (QED) is 0.473. The van der Waals surface area contributed by atoms with Gasteiger partial charge in [-0.05, 0) is 17.9 Å². The molecule has 0 saturated carbocycles. The van der Waals surface area contributed by atoms with Gasteiger partial charge in [-0.25, -0.2) is 9.97 Å². The number of anilines is 1. The van der Waals surface area contributed by atoms with Crippen molar-refractivity contribution in [2.45, 2.75) is 17.8 Å². The van der Waals surface area contributed by atoms with Crippen molar-refractivity contribution in [3.63, 3.8) is 0 Å². The molecule has 1 aromatic carbocycles. The van der Waals surface area contributed by atoms with E-state index >= 15 is 0 Å². The summed E-state index contributed by atoms with van der Waals surface area (Å²) < 4.78 is 1.03. The van der Waals surface area contributed by atoms with E-state index in [2.05, 4.69) is 27.2 Å². The molecule has 0 aliphatic rings. The molecule has 25 heavy (non-hydrogen) atoms. The van der Waals surface area contributed by atoms with Crippen LogP contribution in [0.15, 0.2) is 40.3 Å². The topological polar surface area (TPSA) is 87.7 Å². The van der Waals surface area contributed by atoms with Gasteiger partial charge in [-0.3, -0.25) is 9.59 Å². The third-order valence-electron chi connectivity index (χ3n) is 3.11. The highest BCUT2D eigenvalue weighted by Crippen LogP contribution is 2.25.